The number of aliphatic hydroxyl groups excluding tert-OH is 1. The molecule has 1 N–H and O–H groups in total. The number of aliphatic hydroxyl groups is 1. The van der Waals surface area contributed by atoms with Gasteiger partial charge in [-0.05, 0) is 61.0 Å². The van der Waals surface area contributed by atoms with E-state index in [9.17, 15) is 19.5 Å². The Hall–Kier alpha value is -1.75. The molecule has 0 bridgehead atoms. The summed E-state index contributed by atoms with van der Waals surface area (Å²) >= 11 is 0. The van der Waals surface area contributed by atoms with Gasteiger partial charge < -0.3 is 9.84 Å². The monoisotopic (exact) mass is 386 g/mol. The van der Waals surface area contributed by atoms with Gasteiger partial charge in [0.2, 0.25) is 0 Å². The van der Waals surface area contributed by atoms with Crippen LogP contribution in [0.5, 0.6) is 0 Å². The van der Waals surface area contributed by atoms with E-state index in [1.165, 1.54) is 0 Å². The maximum Gasteiger partial charge on any atom is 0.293 e. The summed E-state index contributed by atoms with van der Waals surface area (Å²) in [5, 5.41) is 11.3. The average molecular weight is 386 g/mol. The van der Waals surface area contributed by atoms with Crippen LogP contribution in [0.25, 0.3) is 0 Å². The molecule has 28 heavy (non-hydrogen) atoms. The molecular formula is C23H30O5. The third kappa shape index (κ3) is 2.66. The first-order valence-electron chi connectivity index (χ1n) is 10.4. The zero-order valence-corrected chi connectivity index (χ0v) is 16.9. The van der Waals surface area contributed by atoms with E-state index in [1.807, 2.05) is 6.08 Å². The first-order valence-corrected chi connectivity index (χ1v) is 10.4. The number of carbonyl (C=O) groups is 3. The van der Waals surface area contributed by atoms with Crippen LogP contribution in [0.15, 0.2) is 23.8 Å². The highest BCUT2D eigenvalue weighted by molar-refractivity contribution is 6.01. The highest BCUT2D eigenvalue weighted by Crippen LogP contribution is 2.67. The average Bonchev–Trinajstić information content (AvgIpc) is 2.89. The van der Waals surface area contributed by atoms with Crippen molar-refractivity contribution in [2.24, 2.45) is 40.4 Å². The standard InChI is InChI=1S/C23H30O5/c1-13-8-17-16-5-4-14-9-15(25)6-7-22(14,2)21(16)18(26)10-23(17,3)20(13)19(27)11-28-12-24/h6-7,9,12-13,16-18,20-21,26H,4-5,8,10-11H2,1-3H3/t13-,16+,17?,18?,20?,21?,22?,23?/m1/s1. The molecule has 0 aromatic heterocycles. The first kappa shape index (κ1) is 19.6. The van der Waals surface area contributed by atoms with Gasteiger partial charge in [-0.2, -0.15) is 0 Å². The number of hydrogen-bond acceptors (Lipinski definition) is 5. The third-order valence-corrected chi connectivity index (χ3v) is 8.48. The van der Waals surface area contributed by atoms with Gasteiger partial charge in [0.15, 0.2) is 11.6 Å². The van der Waals surface area contributed by atoms with E-state index < -0.39 is 6.10 Å². The lowest BCUT2D eigenvalue weighted by Crippen LogP contribution is -2.56. The highest BCUT2D eigenvalue weighted by Gasteiger charge is 2.64. The van der Waals surface area contributed by atoms with E-state index in [2.05, 4.69) is 20.8 Å². The molecule has 6 unspecified atom stereocenters. The predicted molar refractivity (Wildman–Crippen MR) is 103 cm³/mol. The molecule has 5 nitrogen and oxygen atoms in total. The zero-order chi connectivity index (χ0) is 20.3. The maximum atomic E-state index is 12.8. The Labute approximate surface area is 166 Å². The van der Waals surface area contributed by atoms with Gasteiger partial charge in [0, 0.05) is 17.3 Å². The number of carbonyl (C=O) groups excluding carboxylic acids is 3. The molecule has 4 aliphatic carbocycles. The van der Waals surface area contributed by atoms with Crippen LogP contribution < -0.4 is 0 Å². The van der Waals surface area contributed by atoms with Crippen molar-refractivity contribution in [3.05, 3.63) is 23.8 Å². The molecule has 4 rings (SSSR count). The quantitative estimate of drug-likeness (QED) is 0.752. The van der Waals surface area contributed by atoms with Gasteiger partial charge in [-0.1, -0.05) is 32.4 Å². The number of fused-ring (bicyclic) bond motifs is 5. The summed E-state index contributed by atoms with van der Waals surface area (Å²) in [5.74, 6) is 0.768. The fourth-order valence-corrected chi connectivity index (χ4v) is 7.58. The SMILES string of the molecule is C[C@@H]1CC2[C@@H]3CCC4=CC(=O)C=CC4(C)C3C(O)CC2(C)C1C(=O)COC=O. The summed E-state index contributed by atoms with van der Waals surface area (Å²) in [4.78, 5) is 35.3. The number of ether oxygens (including phenoxy) is 1. The minimum absolute atomic E-state index is 0.0268. The normalized spacial score (nSPS) is 46.9. The Morgan fingerprint density at radius 2 is 2.14 bits per heavy atom. The van der Waals surface area contributed by atoms with Crippen molar-refractivity contribution >= 4 is 18.0 Å². The molecule has 0 saturated heterocycles. The van der Waals surface area contributed by atoms with E-state index in [0.29, 0.717) is 24.7 Å². The maximum absolute atomic E-state index is 12.8. The summed E-state index contributed by atoms with van der Waals surface area (Å²) in [6.45, 7) is 6.57. The fraction of sp³-hybridized carbons (Fsp3) is 0.696. The highest BCUT2D eigenvalue weighted by atomic mass is 16.5. The smallest absolute Gasteiger partial charge is 0.293 e. The zero-order valence-electron chi connectivity index (χ0n) is 16.9. The van der Waals surface area contributed by atoms with Crippen LogP contribution in [-0.2, 0) is 19.1 Å². The third-order valence-electron chi connectivity index (χ3n) is 8.48. The van der Waals surface area contributed by atoms with Crippen molar-refractivity contribution in [2.45, 2.75) is 52.6 Å². The van der Waals surface area contributed by atoms with Crippen LogP contribution in [0, 0.1) is 40.4 Å². The summed E-state index contributed by atoms with van der Waals surface area (Å²) in [6.07, 6.45) is 8.24. The van der Waals surface area contributed by atoms with Gasteiger partial charge in [0.1, 0.15) is 6.61 Å². The van der Waals surface area contributed by atoms with Gasteiger partial charge in [0.25, 0.3) is 6.47 Å². The predicted octanol–water partition coefficient (Wildman–Crippen LogP) is 2.87. The van der Waals surface area contributed by atoms with Crippen LogP contribution in [0.3, 0.4) is 0 Å². The number of ketones is 2. The second-order valence-electron chi connectivity index (χ2n) is 9.86. The molecule has 5 heteroatoms. The molecule has 0 aromatic rings. The molecule has 0 spiro atoms. The van der Waals surface area contributed by atoms with Crippen molar-refractivity contribution in [2.75, 3.05) is 6.61 Å². The second kappa shape index (κ2) is 6.65. The van der Waals surface area contributed by atoms with E-state index in [-0.39, 0.29) is 46.8 Å². The Morgan fingerprint density at radius 3 is 2.86 bits per heavy atom. The van der Waals surface area contributed by atoms with Crippen molar-refractivity contribution in [1.82, 2.24) is 0 Å². The van der Waals surface area contributed by atoms with Gasteiger partial charge >= 0.3 is 0 Å². The molecule has 0 amide bonds. The number of Topliss-reactive ketones (excluding diaryl/α,β-unsaturated/α-hetero) is 1. The molecule has 0 heterocycles. The van der Waals surface area contributed by atoms with Crippen LogP contribution in [0.2, 0.25) is 0 Å². The molecule has 0 aliphatic heterocycles. The lowest BCUT2D eigenvalue weighted by Gasteiger charge is -2.58. The van der Waals surface area contributed by atoms with Gasteiger partial charge in [-0.3, -0.25) is 14.4 Å². The second-order valence-corrected chi connectivity index (χ2v) is 9.86. The molecule has 3 saturated carbocycles. The van der Waals surface area contributed by atoms with Crippen LogP contribution in [0.4, 0.5) is 0 Å². The number of allylic oxidation sites excluding steroid dienone is 4. The molecular weight excluding hydrogens is 356 g/mol. The molecule has 0 radical (unpaired) electrons. The molecule has 3 fully saturated rings. The van der Waals surface area contributed by atoms with Crippen LogP contribution in [-0.4, -0.2) is 35.9 Å². The van der Waals surface area contributed by atoms with Crippen LogP contribution in [0.1, 0.15) is 46.5 Å². The summed E-state index contributed by atoms with van der Waals surface area (Å²) in [5.41, 5.74) is 0.570. The molecule has 8 atom stereocenters. The van der Waals surface area contributed by atoms with E-state index in [4.69, 9.17) is 4.74 Å². The minimum atomic E-state index is -0.523. The Kier molecular flexibility index (Phi) is 4.65. The lowest BCUT2D eigenvalue weighted by atomic mass is 9.46. The Morgan fingerprint density at radius 1 is 1.39 bits per heavy atom. The van der Waals surface area contributed by atoms with E-state index in [0.717, 1.165) is 24.8 Å². The summed E-state index contributed by atoms with van der Waals surface area (Å²) in [6, 6.07) is 0. The summed E-state index contributed by atoms with van der Waals surface area (Å²) in [7, 11) is 0. The first-order chi connectivity index (χ1) is 13.2. The van der Waals surface area contributed by atoms with E-state index in [1.54, 1.807) is 12.2 Å². The molecule has 152 valence electrons. The van der Waals surface area contributed by atoms with E-state index >= 15 is 0 Å². The van der Waals surface area contributed by atoms with Crippen molar-refractivity contribution in [3.63, 3.8) is 0 Å². The number of rotatable bonds is 4. The summed E-state index contributed by atoms with van der Waals surface area (Å²) < 4.78 is 4.77. The van der Waals surface area contributed by atoms with Crippen molar-refractivity contribution < 1.29 is 24.2 Å². The molecule has 0 aromatic carbocycles. The van der Waals surface area contributed by atoms with Crippen molar-refractivity contribution in [3.8, 4) is 0 Å². The topological polar surface area (TPSA) is 80.7 Å². The molecule has 4 aliphatic rings. The lowest BCUT2D eigenvalue weighted by molar-refractivity contribution is -0.148. The Balaban J connectivity index is 1.68. The van der Waals surface area contributed by atoms with Crippen LogP contribution >= 0.6 is 0 Å². The van der Waals surface area contributed by atoms with Gasteiger partial charge in [-0.25, -0.2) is 0 Å². The largest absolute Gasteiger partial charge is 0.460 e. The van der Waals surface area contributed by atoms with Gasteiger partial charge in [0.05, 0.1) is 6.10 Å². The minimum Gasteiger partial charge on any atom is -0.460 e. The fourth-order valence-electron chi connectivity index (χ4n) is 7.58. The Bertz CT molecular complexity index is 767. The van der Waals surface area contributed by atoms with Crippen molar-refractivity contribution in [1.29, 1.82) is 0 Å². The number of hydrogen-bond donors (Lipinski definition) is 1. The van der Waals surface area contributed by atoms with Gasteiger partial charge in [-0.15, -0.1) is 0 Å².